The monoisotopic (exact) mass is 263 g/mol. The lowest BCUT2D eigenvalue weighted by Crippen LogP contribution is -2.36. The first-order chi connectivity index (χ1) is 9.10. The summed E-state index contributed by atoms with van der Waals surface area (Å²) >= 11 is 0. The van der Waals surface area contributed by atoms with Gasteiger partial charge in [-0.15, -0.1) is 0 Å². The van der Waals surface area contributed by atoms with E-state index in [9.17, 15) is 0 Å². The van der Waals surface area contributed by atoms with E-state index in [0.717, 1.165) is 17.5 Å². The molecule has 1 aromatic rings. The highest BCUT2D eigenvalue weighted by Crippen LogP contribution is 2.23. The first kappa shape index (κ1) is 14.1. The third-order valence-corrected chi connectivity index (χ3v) is 3.90. The van der Waals surface area contributed by atoms with E-state index in [0.29, 0.717) is 12.6 Å². The second kappa shape index (κ2) is 6.19. The van der Waals surface area contributed by atoms with E-state index in [1.807, 2.05) is 20.0 Å². The fourth-order valence-corrected chi connectivity index (χ4v) is 2.47. The number of hydrogen-bond donors (Lipinski definition) is 2. The molecule has 1 atom stereocenters. The van der Waals surface area contributed by atoms with Crippen molar-refractivity contribution in [3.05, 3.63) is 11.9 Å². The van der Waals surface area contributed by atoms with Crippen LogP contribution < -0.4 is 16.0 Å². The summed E-state index contributed by atoms with van der Waals surface area (Å²) in [5.41, 5.74) is 5.72. The van der Waals surface area contributed by atoms with E-state index in [2.05, 4.69) is 27.1 Å². The van der Waals surface area contributed by atoms with Gasteiger partial charge in [0.25, 0.3) is 0 Å². The van der Waals surface area contributed by atoms with Crippen molar-refractivity contribution in [1.82, 2.24) is 9.97 Å². The first-order valence-electron chi connectivity index (χ1n) is 7.15. The van der Waals surface area contributed by atoms with Gasteiger partial charge in [0, 0.05) is 31.7 Å². The molecule has 1 aromatic heterocycles. The first-order valence-corrected chi connectivity index (χ1v) is 7.15. The molecule has 1 fully saturated rings. The highest BCUT2D eigenvalue weighted by molar-refractivity contribution is 5.50. The van der Waals surface area contributed by atoms with Crippen LogP contribution in [0.3, 0.4) is 0 Å². The van der Waals surface area contributed by atoms with Crippen LogP contribution in [0, 0.1) is 6.92 Å². The summed E-state index contributed by atoms with van der Waals surface area (Å²) in [6.45, 7) is 4.65. The molecule has 19 heavy (non-hydrogen) atoms. The summed E-state index contributed by atoms with van der Waals surface area (Å²) in [7, 11) is 2.03. The van der Waals surface area contributed by atoms with Crippen LogP contribution >= 0.6 is 0 Å². The van der Waals surface area contributed by atoms with Crippen LogP contribution in [0.4, 0.5) is 11.6 Å². The van der Waals surface area contributed by atoms with Gasteiger partial charge in [-0.2, -0.15) is 0 Å². The number of anilines is 2. The molecule has 0 bridgehead atoms. The Morgan fingerprint density at radius 1 is 1.42 bits per heavy atom. The molecular formula is C14H25N5. The number of aromatic nitrogens is 2. The van der Waals surface area contributed by atoms with E-state index < -0.39 is 0 Å². The zero-order valence-corrected chi connectivity index (χ0v) is 12.2. The number of rotatable bonds is 5. The van der Waals surface area contributed by atoms with Gasteiger partial charge in [0.1, 0.15) is 17.5 Å². The standard InChI is InChI=1S/C14H25N5/c1-10(9-15)19(3)14-8-13(16-11(2)17-14)18-12-6-4-5-7-12/h8,10,12H,4-7,9,15H2,1-3H3,(H,16,17,18). The van der Waals surface area contributed by atoms with Crippen LogP contribution in [-0.4, -0.2) is 35.6 Å². The third kappa shape index (κ3) is 3.56. The van der Waals surface area contributed by atoms with E-state index in [-0.39, 0.29) is 6.04 Å². The van der Waals surface area contributed by atoms with Gasteiger partial charge in [0.05, 0.1) is 0 Å². The maximum atomic E-state index is 5.72. The molecule has 3 N–H and O–H groups in total. The molecule has 0 aromatic carbocycles. The molecule has 0 amide bonds. The van der Waals surface area contributed by atoms with Crippen molar-refractivity contribution >= 4 is 11.6 Å². The maximum Gasteiger partial charge on any atom is 0.134 e. The van der Waals surface area contributed by atoms with Crippen LogP contribution in [0.2, 0.25) is 0 Å². The maximum absolute atomic E-state index is 5.72. The number of hydrogen-bond acceptors (Lipinski definition) is 5. The Morgan fingerprint density at radius 3 is 2.74 bits per heavy atom. The quantitative estimate of drug-likeness (QED) is 0.849. The molecule has 5 nitrogen and oxygen atoms in total. The molecule has 0 spiro atoms. The molecule has 0 saturated heterocycles. The highest BCUT2D eigenvalue weighted by atomic mass is 15.2. The Kier molecular flexibility index (Phi) is 4.58. The Hall–Kier alpha value is -1.36. The van der Waals surface area contributed by atoms with E-state index in [4.69, 9.17) is 5.73 Å². The molecule has 1 saturated carbocycles. The van der Waals surface area contributed by atoms with Crippen molar-refractivity contribution in [1.29, 1.82) is 0 Å². The molecule has 2 rings (SSSR count). The SMILES string of the molecule is Cc1nc(NC2CCCC2)cc(N(C)C(C)CN)n1. The smallest absolute Gasteiger partial charge is 0.134 e. The number of likely N-dealkylation sites (N-methyl/N-ethyl adjacent to an activating group) is 1. The van der Waals surface area contributed by atoms with Crippen LogP contribution in [0.1, 0.15) is 38.4 Å². The third-order valence-electron chi connectivity index (χ3n) is 3.90. The minimum absolute atomic E-state index is 0.272. The lowest BCUT2D eigenvalue weighted by Gasteiger charge is -2.25. The van der Waals surface area contributed by atoms with Crippen molar-refractivity contribution < 1.29 is 0 Å². The fourth-order valence-electron chi connectivity index (χ4n) is 2.47. The topological polar surface area (TPSA) is 67.1 Å². The zero-order chi connectivity index (χ0) is 13.8. The predicted molar refractivity (Wildman–Crippen MR) is 79.6 cm³/mol. The summed E-state index contributed by atoms with van der Waals surface area (Å²) in [5.74, 6) is 2.67. The average molecular weight is 263 g/mol. The highest BCUT2D eigenvalue weighted by Gasteiger charge is 2.17. The van der Waals surface area contributed by atoms with E-state index in [1.54, 1.807) is 0 Å². The number of nitrogens with two attached hydrogens (primary N) is 1. The molecule has 5 heteroatoms. The van der Waals surface area contributed by atoms with E-state index >= 15 is 0 Å². The lowest BCUT2D eigenvalue weighted by molar-refractivity contribution is 0.684. The average Bonchev–Trinajstić information content (AvgIpc) is 2.89. The molecule has 1 aliphatic rings. The van der Waals surface area contributed by atoms with Crippen LogP contribution in [0.15, 0.2) is 6.07 Å². The molecule has 1 heterocycles. The Morgan fingerprint density at radius 2 is 2.11 bits per heavy atom. The summed E-state index contributed by atoms with van der Waals surface area (Å²) < 4.78 is 0. The summed E-state index contributed by atoms with van der Waals surface area (Å²) in [6.07, 6.45) is 5.12. The molecule has 0 radical (unpaired) electrons. The largest absolute Gasteiger partial charge is 0.367 e. The van der Waals surface area contributed by atoms with Gasteiger partial charge in [-0.3, -0.25) is 0 Å². The van der Waals surface area contributed by atoms with E-state index in [1.165, 1.54) is 25.7 Å². The zero-order valence-electron chi connectivity index (χ0n) is 12.2. The van der Waals surface area contributed by atoms with Crippen molar-refractivity contribution in [2.75, 3.05) is 23.8 Å². The second-order valence-corrected chi connectivity index (χ2v) is 5.48. The van der Waals surface area contributed by atoms with Crippen LogP contribution in [-0.2, 0) is 0 Å². The van der Waals surface area contributed by atoms with Gasteiger partial charge in [0.15, 0.2) is 0 Å². The molecule has 1 unspecified atom stereocenters. The number of aryl methyl sites for hydroxylation is 1. The van der Waals surface area contributed by atoms with Crippen molar-refractivity contribution in [2.45, 2.75) is 51.6 Å². The van der Waals surface area contributed by atoms with Gasteiger partial charge in [-0.25, -0.2) is 9.97 Å². The van der Waals surface area contributed by atoms with Crippen LogP contribution in [0.25, 0.3) is 0 Å². The summed E-state index contributed by atoms with van der Waals surface area (Å²) in [5, 5.41) is 3.52. The van der Waals surface area contributed by atoms with Crippen LogP contribution in [0.5, 0.6) is 0 Å². The number of nitrogens with zero attached hydrogens (tertiary/aromatic N) is 3. The molecule has 0 aliphatic heterocycles. The molecule has 1 aliphatic carbocycles. The van der Waals surface area contributed by atoms with Gasteiger partial charge in [-0.05, 0) is 26.7 Å². The van der Waals surface area contributed by atoms with Crippen molar-refractivity contribution in [2.24, 2.45) is 5.73 Å². The predicted octanol–water partition coefficient (Wildman–Crippen LogP) is 1.92. The Labute approximate surface area is 115 Å². The minimum Gasteiger partial charge on any atom is -0.367 e. The van der Waals surface area contributed by atoms with Crippen molar-refractivity contribution in [3.8, 4) is 0 Å². The normalized spacial score (nSPS) is 17.5. The Balaban J connectivity index is 2.13. The van der Waals surface area contributed by atoms with Crippen molar-refractivity contribution in [3.63, 3.8) is 0 Å². The molecular weight excluding hydrogens is 238 g/mol. The van der Waals surface area contributed by atoms with Gasteiger partial charge in [0.2, 0.25) is 0 Å². The fraction of sp³-hybridized carbons (Fsp3) is 0.714. The van der Waals surface area contributed by atoms with Gasteiger partial charge < -0.3 is 16.0 Å². The molecule has 106 valence electrons. The van der Waals surface area contributed by atoms with Gasteiger partial charge >= 0.3 is 0 Å². The second-order valence-electron chi connectivity index (χ2n) is 5.48. The number of nitrogens with one attached hydrogen (secondary N) is 1. The Bertz CT molecular complexity index is 414. The van der Waals surface area contributed by atoms with Gasteiger partial charge in [-0.1, -0.05) is 12.8 Å². The summed E-state index contributed by atoms with van der Waals surface area (Å²) in [4.78, 5) is 11.1. The minimum atomic E-state index is 0.272. The lowest BCUT2D eigenvalue weighted by atomic mass is 10.2. The summed E-state index contributed by atoms with van der Waals surface area (Å²) in [6, 6.07) is 2.87.